The maximum atomic E-state index is 11.9. The highest BCUT2D eigenvalue weighted by Crippen LogP contribution is 2.10. The van der Waals surface area contributed by atoms with Gasteiger partial charge in [0.25, 0.3) is 5.56 Å². The summed E-state index contributed by atoms with van der Waals surface area (Å²) in [4.78, 5) is 26.7. The average Bonchev–Trinajstić information content (AvgIpc) is 2.36. The van der Waals surface area contributed by atoms with Crippen LogP contribution in [0.1, 0.15) is 12.6 Å². The largest absolute Gasteiger partial charge is 0.479 e. The molecular formula is C12H11BrN2O4. The molecule has 0 radical (unpaired) electrons. The third-order valence-electron chi connectivity index (χ3n) is 2.51. The maximum absolute atomic E-state index is 11.9. The number of nitrogens with zero attached hydrogens (tertiary/aromatic N) is 2. The molecule has 0 bridgehead atoms. The van der Waals surface area contributed by atoms with Crippen molar-refractivity contribution >= 4 is 27.5 Å². The zero-order valence-electron chi connectivity index (χ0n) is 10.0. The number of carboxylic acid groups (broad SMARTS) is 1. The lowest BCUT2D eigenvalue weighted by Crippen LogP contribution is -2.21. The number of hydrogen-bond donors (Lipinski definition) is 1. The second-order valence-corrected chi connectivity index (χ2v) is 4.87. The molecule has 0 saturated heterocycles. The van der Waals surface area contributed by atoms with Crippen LogP contribution in [0.3, 0.4) is 0 Å². The molecule has 7 heteroatoms. The first-order valence-corrected chi connectivity index (χ1v) is 6.29. The summed E-state index contributed by atoms with van der Waals surface area (Å²) in [5, 5.41) is 8.70. The van der Waals surface area contributed by atoms with Crippen LogP contribution in [0.4, 0.5) is 0 Å². The van der Waals surface area contributed by atoms with Gasteiger partial charge < -0.3 is 9.84 Å². The van der Waals surface area contributed by atoms with E-state index in [1.54, 1.807) is 18.3 Å². The summed E-state index contributed by atoms with van der Waals surface area (Å²) in [5.41, 5.74) is 0.644. The number of pyridine rings is 1. The molecule has 0 unspecified atom stereocenters. The van der Waals surface area contributed by atoms with Gasteiger partial charge in [-0.15, -0.1) is 0 Å². The minimum atomic E-state index is -1.05. The van der Waals surface area contributed by atoms with Gasteiger partial charge in [-0.25, -0.2) is 9.78 Å². The quantitative estimate of drug-likeness (QED) is 0.919. The molecule has 100 valence electrons. The van der Waals surface area contributed by atoms with E-state index in [9.17, 15) is 9.59 Å². The first-order valence-electron chi connectivity index (χ1n) is 5.49. The van der Waals surface area contributed by atoms with Gasteiger partial charge in [0, 0.05) is 16.7 Å². The molecule has 1 N–H and O–H groups in total. The molecule has 2 aromatic heterocycles. The first-order chi connectivity index (χ1) is 8.97. The highest BCUT2D eigenvalue weighted by atomic mass is 79.9. The van der Waals surface area contributed by atoms with E-state index in [1.807, 2.05) is 0 Å². The van der Waals surface area contributed by atoms with Crippen LogP contribution in [0, 0.1) is 0 Å². The number of rotatable bonds is 4. The molecular weight excluding hydrogens is 316 g/mol. The fourth-order valence-electron chi connectivity index (χ4n) is 1.48. The number of hydrogen-bond acceptors (Lipinski definition) is 4. The highest BCUT2D eigenvalue weighted by Gasteiger charge is 2.12. The minimum absolute atomic E-state index is 0.0186. The predicted octanol–water partition coefficient (Wildman–Crippen LogP) is 1.45. The molecule has 0 aliphatic carbocycles. The van der Waals surface area contributed by atoms with Crippen LogP contribution in [-0.2, 0) is 16.1 Å². The topological polar surface area (TPSA) is 80.9 Å². The Morgan fingerprint density at radius 1 is 1.58 bits per heavy atom. The fourth-order valence-corrected chi connectivity index (χ4v) is 1.82. The van der Waals surface area contributed by atoms with Gasteiger partial charge in [0.1, 0.15) is 5.65 Å². The van der Waals surface area contributed by atoms with Gasteiger partial charge in [-0.05, 0) is 35.0 Å². The molecule has 0 spiro atoms. The Morgan fingerprint density at radius 3 is 3.00 bits per heavy atom. The van der Waals surface area contributed by atoms with E-state index in [1.165, 1.54) is 17.4 Å². The van der Waals surface area contributed by atoms with Gasteiger partial charge in [-0.1, -0.05) is 0 Å². The van der Waals surface area contributed by atoms with Crippen LogP contribution in [0.15, 0.2) is 33.7 Å². The summed E-state index contributed by atoms with van der Waals surface area (Å²) in [6, 6.07) is 4.79. The van der Waals surface area contributed by atoms with Gasteiger partial charge in [0.05, 0.1) is 12.3 Å². The molecule has 6 nitrogen and oxygen atoms in total. The van der Waals surface area contributed by atoms with Gasteiger partial charge in [0.2, 0.25) is 0 Å². The molecule has 19 heavy (non-hydrogen) atoms. The standard InChI is InChI=1S/C12H11BrN2O4/c1-7(12(17)18)19-6-9-4-11(16)15-5-8(13)2-3-10(15)14-9/h2-5,7H,6H2,1H3,(H,17,18)/t7-/m1/s1. The van der Waals surface area contributed by atoms with E-state index < -0.39 is 12.1 Å². The molecule has 0 amide bonds. The second-order valence-electron chi connectivity index (χ2n) is 3.95. The Labute approximate surface area is 116 Å². The van der Waals surface area contributed by atoms with Crippen molar-refractivity contribution in [3.05, 3.63) is 44.9 Å². The van der Waals surface area contributed by atoms with E-state index in [-0.39, 0.29) is 12.2 Å². The molecule has 0 aliphatic heterocycles. The molecule has 2 heterocycles. The SMILES string of the molecule is C[C@@H](OCc1cc(=O)n2cc(Br)ccc2n1)C(=O)O. The Balaban J connectivity index is 2.29. The van der Waals surface area contributed by atoms with Crippen molar-refractivity contribution in [3.8, 4) is 0 Å². The predicted molar refractivity (Wildman–Crippen MR) is 71.0 cm³/mol. The van der Waals surface area contributed by atoms with Crippen LogP contribution in [0.5, 0.6) is 0 Å². The number of aliphatic carboxylic acids is 1. The van der Waals surface area contributed by atoms with Gasteiger partial charge >= 0.3 is 5.97 Å². The fraction of sp³-hybridized carbons (Fsp3) is 0.250. The lowest BCUT2D eigenvalue weighted by atomic mass is 10.3. The van der Waals surface area contributed by atoms with Crippen molar-refractivity contribution < 1.29 is 14.6 Å². The third-order valence-corrected chi connectivity index (χ3v) is 2.97. The summed E-state index contributed by atoms with van der Waals surface area (Å²) in [6.45, 7) is 1.41. The molecule has 0 saturated carbocycles. The van der Waals surface area contributed by atoms with Gasteiger partial charge in [-0.3, -0.25) is 9.20 Å². The Hall–Kier alpha value is -1.73. The lowest BCUT2D eigenvalue weighted by molar-refractivity contribution is -0.149. The van der Waals surface area contributed by atoms with Gasteiger partial charge in [-0.2, -0.15) is 0 Å². The maximum Gasteiger partial charge on any atom is 0.332 e. The summed E-state index contributed by atoms with van der Waals surface area (Å²) in [5.74, 6) is -1.05. The minimum Gasteiger partial charge on any atom is -0.479 e. The molecule has 0 fully saturated rings. The number of fused-ring (bicyclic) bond motifs is 1. The van der Waals surface area contributed by atoms with Gasteiger partial charge in [0.15, 0.2) is 6.10 Å². The smallest absolute Gasteiger partial charge is 0.332 e. The Bertz CT molecular complexity index is 683. The van der Waals surface area contributed by atoms with E-state index in [0.29, 0.717) is 11.3 Å². The number of aromatic nitrogens is 2. The van der Waals surface area contributed by atoms with Crippen molar-refractivity contribution in [1.82, 2.24) is 9.38 Å². The molecule has 2 aromatic rings. The lowest BCUT2D eigenvalue weighted by Gasteiger charge is -2.08. The van der Waals surface area contributed by atoms with E-state index in [0.717, 1.165) is 4.47 Å². The summed E-state index contributed by atoms with van der Waals surface area (Å²) < 4.78 is 7.27. The molecule has 1 atom stereocenters. The number of carbonyl (C=O) groups is 1. The summed E-state index contributed by atoms with van der Waals surface area (Å²) in [7, 11) is 0. The molecule has 0 aromatic carbocycles. The van der Waals surface area contributed by atoms with Crippen molar-refractivity contribution in [2.45, 2.75) is 19.6 Å². The van der Waals surface area contributed by atoms with Crippen molar-refractivity contribution in [2.24, 2.45) is 0 Å². The highest BCUT2D eigenvalue weighted by molar-refractivity contribution is 9.10. The zero-order valence-corrected chi connectivity index (χ0v) is 11.6. The second kappa shape index (κ2) is 5.50. The van der Waals surface area contributed by atoms with Crippen molar-refractivity contribution in [2.75, 3.05) is 0 Å². The molecule has 0 aliphatic rings. The zero-order chi connectivity index (χ0) is 14.0. The average molecular weight is 327 g/mol. The normalized spacial score (nSPS) is 12.5. The number of halogens is 1. The number of carboxylic acids is 1. The van der Waals surface area contributed by atoms with E-state index in [4.69, 9.17) is 9.84 Å². The van der Waals surface area contributed by atoms with Crippen LogP contribution in [-0.4, -0.2) is 26.6 Å². The van der Waals surface area contributed by atoms with Crippen molar-refractivity contribution in [3.63, 3.8) is 0 Å². The first kappa shape index (κ1) is 13.7. The molecule has 2 rings (SSSR count). The number of ether oxygens (including phenoxy) is 1. The van der Waals surface area contributed by atoms with Crippen LogP contribution in [0.25, 0.3) is 5.65 Å². The van der Waals surface area contributed by atoms with Crippen LogP contribution < -0.4 is 5.56 Å². The van der Waals surface area contributed by atoms with E-state index >= 15 is 0 Å². The summed E-state index contributed by atoms with van der Waals surface area (Å²) >= 11 is 3.27. The third kappa shape index (κ3) is 3.18. The Kier molecular flexibility index (Phi) is 3.96. The summed E-state index contributed by atoms with van der Waals surface area (Å²) in [6.07, 6.45) is 0.681. The van der Waals surface area contributed by atoms with Crippen molar-refractivity contribution in [1.29, 1.82) is 0 Å². The van der Waals surface area contributed by atoms with Crippen LogP contribution >= 0.6 is 15.9 Å². The monoisotopic (exact) mass is 326 g/mol. The van der Waals surface area contributed by atoms with E-state index in [2.05, 4.69) is 20.9 Å². The Morgan fingerprint density at radius 2 is 2.32 bits per heavy atom. The van der Waals surface area contributed by atoms with Crippen LogP contribution in [0.2, 0.25) is 0 Å².